The fraction of sp³-hybridized carbons (Fsp3) is 0.692. The van der Waals surface area contributed by atoms with E-state index in [2.05, 4.69) is 15.5 Å². The van der Waals surface area contributed by atoms with Gasteiger partial charge in [0.1, 0.15) is 0 Å². The molecule has 1 aromatic rings. The molecular formula is C13H20N4O3S. The van der Waals surface area contributed by atoms with Gasteiger partial charge in [0.05, 0.1) is 23.7 Å². The van der Waals surface area contributed by atoms with Crippen molar-refractivity contribution in [1.82, 2.24) is 20.4 Å². The van der Waals surface area contributed by atoms with Crippen LogP contribution in [0, 0.1) is 0 Å². The van der Waals surface area contributed by atoms with Gasteiger partial charge in [-0.05, 0) is 25.7 Å². The first-order valence-electron chi connectivity index (χ1n) is 7.31. The lowest BCUT2D eigenvalue weighted by Crippen LogP contribution is -2.48. The van der Waals surface area contributed by atoms with E-state index >= 15 is 0 Å². The Labute approximate surface area is 124 Å². The van der Waals surface area contributed by atoms with Crippen molar-refractivity contribution in [2.75, 3.05) is 18.1 Å². The van der Waals surface area contributed by atoms with Gasteiger partial charge in [0.15, 0.2) is 9.84 Å². The van der Waals surface area contributed by atoms with Crippen LogP contribution in [0.15, 0.2) is 12.4 Å². The first-order valence-corrected chi connectivity index (χ1v) is 9.13. The molecule has 21 heavy (non-hydrogen) atoms. The first-order chi connectivity index (χ1) is 10.1. The normalized spacial score (nSPS) is 28.5. The number of H-pyrrole nitrogens is 1. The first kappa shape index (κ1) is 14.4. The zero-order chi connectivity index (χ0) is 14.9. The monoisotopic (exact) mass is 312 g/mol. The maximum absolute atomic E-state index is 12.5. The van der Waals surface area contributed by atoms with Crippen LogP contribution in [0.3, 0.4) is 0 Å². The fourth-order valence-corrected chi connectivity index (χ4v) is 4.80. The van der Waals surface area contributed by atoms with Gasteiger partial charge in [0.25, 0.3) is 0 Å². The topological polar surface area (TPSA) is 95.2 Å². The highest BCUT2D eigenvalue weighted by Gasteiger charge is 2.33. The molecule has 0 unspecified atom stereocenters. The Morgan fingerprint density at radius 1 is 1.38 bits per heavy atom. The second-order valence-electron chi connectivity index (χ2n) is 5.79. The Morgan fingerprint density at radius 3 is 2.90 bits per heavy atom. The molecule has 2 aliphatic rings. The third kappa shape index (κ3) is 3.20. The number of hydrogen-bond acceptors (Lipinski definition) is 4. The Morgan fingerprint density at radius 2 is 2.24 bits per heavy atom. The summed E-state index contributed by atoms with van der Waals surface area (Å²) in [6.45, 7) is 0.696. The molecule has 116 valence electrons. The number of nitrogens with zero attached hydrogens (tertiary/aromatic N) is 2. The smallest absolute Gasteiger partial charge is 0.318 e. The van der Waals surface area contributed by atoms with Crippen LogP contribution in [0.4, 0.5) is 4.79 Å². The average Bonchev–Trinajstić information content (AvgIpc) is 3.08. The summed E-state index contributed by atoms with van der Waals surface area (Å²) in [5, 5.41) is 9.61. The third-order valence-electron chi connectivity index (χ3n) is 4.23. The Bertz CT molecular complexity index is 599. The predicted octanol–water partition coefficient (Wildman–Crippen LogP) is 0.833. The summed E-state index contributed by atoms with van der Waals surface area (Å²) in [6.07, 6.45) is 7.04. The van der Waals surface area contributed by atoms with Crippen LogP contribution < -0.4 is 5.32 Å². The van der Waals surface area contributed by atoms with Crippen molar-refractivity contribution in [1.29, 1.82) is 0 Å². The molecular weight excluding hydrogens is 292 g/mol. The molecule has 2 saturated heterocycles. The minimum absolute atomic E-state index is 0.0236. The van der Waals surface area contributed by atoms with Crippen LogP contribution >= 0.6 is 0 Å². The second-order valence-corrected chi connectivity index (χ2v) is 8.01. The molecule has 2 N–H and O–H groups in total. The summed E-state index contributed by atoms with van der Waals surface area (Å²) in [7, 11) is -2.98. The molecule has 0 aromatic carbocycles. The van der Waals surface area contributed by atoms with Crippen molar-refractivity contribution in [3.05, 3.63) is 18.0 Å². The van der Waals surface area contributed by atoms with Crippen molar-refractivity contribution < 1.29 is 13.2 Å². The molecule has 2 atom stereocenters. The highest BCUT2D eigenvalue weighted by molar-refractivity contribution is 7.91. The number of amides is 2. The number of nitrogens with one attached hydrogen (secondary N) is 2. The SMILES string of the molecule is O=C(N[C@@H]1CCS(=O)(=O)C1)N1CCCC[C@H]1c1cn[nH]c1. The number of sulfone groups is 1. The maximum atomic E-state index is 12.5. The van der Waals surface area contributed by atoms with Crippen molar-refractivity contribution in [2.24, 2.45) is 0 Å². The summed E-state index contributed by atoms with van der Waals surface area (Å²) >= 11 is 0. The fourth-order valence-electron chi connectivity index (χ4n) is 3.13. The number of urea groups is 1. The summed E-state index contributed by atoms with van der Waals surface area (Å²) < 4.78 is 22.9. The molecule has 3 rings (SSSR count). The van der Waals surface area contributed by atoms with Crippen LogP contribution in [-0.2, 0) is 9.84 Å². The minimum atomic E-state index is -2.98. The van der Waals surface area contributed by atoms with E-state index in [-0.39, 0.29) is 29.6 Å². The van der Waals surface area contributed by atoms with Crippen LogP contribution in [-0.4, -0.2) is 53.6 Å². The van der Waals surface area contributed by atoms with Crippen LogP contribution in [0.25, 0.3) is 0 Å². The number of likely N-dealkylation sites (tertiary alicyclic amines) is 1. The number of piperidine rings is 1. The van der Waals surface area contributed by atoms with Gasteiger partial charge >= 0.3 is 6.03 Å². The predicted molar refractivity (Wildman–Crippen MR) is 77.5 cm³/mol. The summed E-state index contributed by atoms with van der Waals surface area (Å²) in [5.74, 6) is 0.228. The van der Waals surface area contributed by atoms with E-state index in [0.29, 0.717) is 13.0 Å². The van der Waals surface area contributed by atoms with Gasteiger partial charge in [-0.3, -0.25) is 5.10 Å². The van der Waals surface area contributed by atoms with Gasteiger partial charge < -0.3 is 10.2 Å². The summed E-state index contributed by atoms with van der Waals surface area (Å²) in [4.78, 5) is 14.3. The summed E-state index contributed by atoms with van der Waals surface area (Å²) in [6, 6.07) is -0.395. The maximum Gasteiger partial charge on any atom is 0.318 e. The van der Waals surface area contributed by atoms with Gasteiger partial charge in [-0.15, -0.1) is 0 Å². The Hall–Kier alpha value is -1.57. The minimum Gasteiger partial charge on any atom is -0.334 e. The van der Waals surface area contributed by atoms with Gasteiger partial charge in [-0.1, -0.05) is 0 Å². The van der Waals surface area contributed by atoms with Crippen molar-refractivity contribution in [3.63, 3.8) is 0 Å². The molecule has 0 radical (unpaired) electrons. The van der Waals surface area contributed by atoms with Gasteiger partial charge in [-0.2, -0.15) is 5.10 Å². The Kier molecular flexibility index (Phi) is 3.88. The molecule has 7 nitrogen and oxygen atoms in total. The Balaban J connectivity index is 1.67. The number of aromatic nitrogens is 2. The molecule has 0 saturated carbocycles. The zero-order valence-corrected chi connectivity index (χ0v) is 12.6. The second kappa shape index (κ2) is 5.67. The van der Waals surface area contributed by atoms with E-state index in [1.165, 1.54) is 0 Å². The van der Waals surface area contributed by atoms with Crippen LogP contribution in [0.5, 0.6) is 0 Å². The lowest BCUT2D eigenvalue weighted by molar-refractivity contribution is 0.149. The standard InChI is InChI=1S/C13H20N4O3S/c18-13(16-11-4-6-21(19,20)9-11)17-5-2-1-3-12(17)10-7-14-15-8-10/h7-8,11-12H,1-6,9H2,(H,14,15)(H,16,18)/t11-,12+/m1/s1. The molecule has 2 amide bonds. The molecule has 1 aromatic heterocycles. The van der Waals surface area contributed by atoms with E-state index in [9.17, 15) is 13.2 Å². The van der Waals surface area contributed by atoms with Gasteiger partial charge in [0.2, 0.25) is 0 Å². The lowest BCUT2D eigenvalue weighted by atomic mass is 9.98. The molecule has 0 aliphatic carbocycles. The van der Waals surface area contributed by atoms with E-state index in [1.54, 1.807) is 11.1 Å². The average molecular weight is 312 g/mol. The van der Waals surface area contributed by atoms with E-state index in [1.807, 2.05) is 6.20 Å². The third-order valence-corrected chi connectivity index (χ3v) is 6.00. The number of aromatic amines is 1. The molecule has 8 heteroatoms. The lowest BCUT2D eigenvalue weighted by Gasteiger charge is -2.35. The van der Waals surface area contributed by atoms with Crippen molar-refractivity contribution in [2.45, 2.75) is 37.8 Å². The molecule has 0 bridgehead atoms. The highest BCUT2D eigenvalue weighted by Crippen LogP contribution is 2.30. The quantitative estimate of drug-likeness (QED) is 0.845. The van der Waals surface area contributed by atoms with E-state index in [4.69, 9.17) is 0 Å². The van der Waals surface area contributed by atoms with E-state index < -0.39 is 9.84 Å². The van der Waals surface area contributed by atoms with E-state index in [0.717, 1.165) is 24.8 Å². The van der Waals surface area contributed by atoms with Crippen LogP contribution in [0.2, 0.25) is 0 Å². The number of rotatable bonds is 2. The summed E-state index contributed by atoms with van der Waals surface area (Å²) in [5.41, 5.74) is 1.00. The molecule has 2 aliphatic heterocycles. The van der Waals surface area contributed by atoms with Gasteiger partial charge in [0, 0.05) is 24.3 Å². The highest BCUT2D eigenvalue weighted by atomic mass is 32.2. The number of carbonyl (C=O) groups excluding carboxylic acids is 1. The van der Waals surface area contributed by atoms with Crippen LogP contribution in [0.1, 0.15) is 37.3 Å². The van der Waals surface area contributed by atoms with Crippen molar-refractivity contribution >= 4 is 15.9 Å². The zero-order valence-electron chi connectivity index (χ0n) is 11.8. The molecule has 3 heterocycles. The largest absolute Gasteiger partial charge is 0.334 e. The molecule has 2 fully saturated rings. The number of hydrogen-bond donors (Lipinski definition) is 2. The van der Waals surface area contributed by atoms with Gasteiger partial charge in [-0.25, -0.2) is 13.2 Å². The number of carbonyl (C=O) groups is 1. The van der Waals surface area contributed by atoms with Crippen molar-refractivity contribution in [3.8, 4) is 0 Å². The molecule has 0 spiro atoms.